The molecule has 0 aliphatic carbocycles. The number of benzene rings is 2. The summed E-state index contributed by atoms with van der Waals surface area (Å²) < 4.78 is 13.8. The summed E-state index contributed by atoms with van der Waals surface area (Å²) in [5.74, 6) is -0.213. The molecule has 0 radical (unpaired) electrons. The number of fused-ring (bicyclic) bond motifs is 1. The lowest BCUT2D eigenvalue weighted by Gasteiger charge is -2.22. The number of nitrogens with zero attached hydrogens (tertiary/aromatic N) is 2. The van der Waals surface area contributed by atoms with Crippen LogP contribution in [0.1, 0.15) is 11.3 Å². The van der Waals surface area contributed by atoms with Gasteiger partial charge in [-0.1, -0.05) is 29.8 Å². The standard InChI is InChI=1S/C13H14FN3.C7H6ClNO/c1-17-7-6-12-10(8-17)13(16-15-12)9-4-2-3-5-11(9)14;8-6-2-1-3-7(4-6)9-5-10/h2-5H,6-8H2,1H3,(H,15,16);1-5H,(H,9,10). The van der Waals surface area contributed by atoms with E-state index in [2.05, 4.69) is 27.5 Å². The molecule has 0 saturated carbocycles. The van der Waals surface area contributed by atoms with Gasteiger partial charge in [-0.15, -0.1) is 0 Å². The first-order valence-electron chi connectivity index (χ1n) is 8.54. The van der Waals surface area contributed by atoms with E-state index in [1.165, 1.54) is 6.07 Å². The molecule has 0 bridgehead atoms. The highest BCUT2D eigenvalue weighted by atomic mass is 35.5. The molecule has 0 atom stereocenters. The second-order valence-corrected chi connectivity index (χ2v) is 6.71. The molecule has 0 fully saturated rings. The van der Waals surface area contributed by atoms with Gasteiger partial charge in [0.2, 0.25) is 6.41 Å². The highest BCUT2D eigenvalue weighted by molar-refractivity contribution is 6.30. The van der Waals surface area contributed by atoms with Gasteiger partial charge in [-0.25, -0.2) is 4.39 Å². The van der Waals surface area contributed by atoms with Crippen LogP contribution in [0, 0.1) is 5.82 Å². The molecular formula is C20H20ClFN4O. The summed E-state index contributed by atoms with van der Waals surface area (Å²) in [7, 11) is 2.07. The Labute approximate surface area is 162 Å². The van der Waals surface area contributed by atoms with Crippen LogP contribution in [0.2, 0.25) is 5.02 Å². The van der Waals surface area contributed by atoms with Gasteiger partial charge in [0.05, 0.1) is 5.69 Å². The highest BCUT2D eigenvalue weighted by Crippen LogP contribution is 2.29. The third-order valence-corrected chi connectivity index (χ3v) is 4.54. The molecule has 1 aliphatic rings. The average Bonchev–Trinajstić information content (AvgIpc) is 3.06. The topological polar surface area (TPSA) is 61.0 Å². The van der Waals surface area contributed by atoms with Gasteiger partial charge in [-0.2, -0.15) is 5.10 Å². The predicted octanol–water partition coefficient (Wildman–Crippen LogP) is 4.11. The molecule has 0 unspecified atom stereocenters. The smallest absolute Gasteiger partial charge is 0.211 e. The average molecular weight is 387 g/mol. The fraction of sp³-hybridized carbons (Fsp3) is 0.200. The molecule has 3 aromatic rings. The van der Waals surface area contributed by atoms with Crippen LogP contribution in [-0.4, -0.2) is 35.1 Å². The number of rotatable bonds is 3. The summed E-state index contributed by atoms with van der Waals surface area (Å²) in [4.78, 5) is 12.2. The van der Waals surface area contributed by atoms with Crippen LogP contribution < -0.4 is 5.32 Å². The van der Waals surface area contributed by atoms with Crippen LogP contribution in [0.3, 0.4) is 0 Å². The number of likely N-dealkylation sites (N-methyl/N-ethyl adjacent to an activating group) is 1. The predicted molar refractivity (Wildman–Crippen MR) is 105 cm³/mol. The fourth-order valence-corrected chi connectivity index (χ4v) is 3.14. The number of aromatic nitrogens is 2. The minimum Gasteiger partial charge on any atom is -0.329 e. The number of hydrogen-bond donors (Lipinski definition) is 2. The van der Waals surface area contributed by atoms with Crippen molar-refractivity contribution in [1.82, 2.24) is 15.1 Å². The van der Waals surface area contributed by atoms with Crippen LogP contribution in [0.15, 0.2) is 48.5 Å². The fourth-order valence-electron chi connectivity index (χ4n) is 2.95. The Kier molecular flexibility index (Phi) is 6.21. The zero-order valence-electron chi connectivity index (χ0n) is 14.9. The van der Waals surface area contributed by atoms with E-state index in [9.17, 15) is 9.18 Å². The van der Waals surface area contributed by atoms with Gasteiger partial charge < -0.3 is 10.2 Å². The largest absolute Gasteiger partial charge is 0.329 e. The first kappa shape index (κ1) is 19.1. The van der Waals surface area contributed by atoms with Crippen molar-refractivity contribution in [1.29, 1.82) is 0 Å². The van der Waals surface area contributed by atoms with E-state index < -0.39 is 0 Å². The molecule has 27 heavy (non-hydrogen) atoms. The SMILES string of the molecule is CN1CCc2[nH]nc(-c3ccccc3F)c2C1.O=CNc1cccc(Cl)c1. The number of carbonyl (C=O) groups is 1. The molecule has 2 aromatic carbocycles. The Morgan fingerprint density at radius 1 is 1.26 bits per heavy atom. The first-order chi connectivity index (χ1) is 13.1. The Bertz CT molecular complexity index is 928. The Balaban J connectivity index is 0.000000180. The van der Waals surface area contributed by atoms with Crippen molar-refractivity contribution in [2.45, 2.75) is 13.0 Å². The van der Waals surface area contributed by atoms with Crippen molar-refractivity contribution in [2.75, 3.05) is 18.9 Å². The number of hydrogen-bond acceptors (Lipinski definition) is 3. The summed E-state index contributed by atoms with van der Waals surface area (Å²) in [5.41, 5.74) is 4.32. The third-order valence-electron chi connectivity index (χ3n) is 4.30. The maximum absolute atomic E-state index is 13.8. The lowest BCUT2D eigenvalue weighted by molar-refractivity contribution is -0.105. The molecule has 7 heteroatoms. The van der Waals surface area contributed by atoms with Crippen molar-refractivity contribution >= 4 is 23.7 Å². The molecule has 140 valence electrons. The molecule has 5 nitrogen and oxygen atoms in total. The molecule has 2 N–H and O–H groups in total. The molecule has 4 rings (SSSR count). The van der Waals surface area contributed by atoms with E-state index in [0.717, 1.165) is 36.5 Å². The second kappa shape index (κ2) is 8.79. The van der Waals surface area contributed by atoms with Crippen molar-refractivity contribution in [3.05, 3.63) is 70.6 Å². The normalized spacial score (nSPS) is 13.3. The van der Waals surface area contributed by atoms with Crippen molar-refractivity contribution < 1.29 is 9.18 Å². The zero-order valence-corrected chi connectivity index (χ0v) is 15.6. The van der Waals surface area contributed by atoms with Gasteiger partial charge >= 0.3 is 0 Å². The summed E-state index contributed by atoms with van der Waals surface area (Å²) in [6.45, 7) is 1.85. The number of anilines is 1. The summed E-state index contributed by atoms with van der Waals surface area (Å²) in [6, 6.07) is 13.8. The number of nitrogens with one attached hydrogen (secondary N) is 2. The molecule has 0 saturated heterocycles. The lowest BCUT2D eigenvalue weighted by Crippen LogP contribution is -2.26. The summed E-state index contributed by atoms with van der Waals surface area (Å²) in [5, 5.41) is 10.4. The maximum atomic E-state index is 13.8. The molecule has 1 aliphatic heterocycles. The number of carbonyl (C=O) groups excluding carboxylic acids is 1. The molecule has 1 amide bonds. The maximum Gasteiger partial charge on any atom is 0.211 e. The van der Waals surface area contributed by atoms with E-state index in [0.29, 0.717) is 22.7 Å². The van der Waals surface area contributed by atoms with E-state index in [-0.39, 0.29) is 5.82 Å². The van der Waals surface area contributed by atoms with Crippen LogP contribution in [-0.2, 0) is 17.8 Å². The molecule has 0 spiro atoms. The van der Waals surface area contributed by atoms with Gasteiger partial charge in [0.15, 0.2) is 0 Å². The van der Waals surface area contributed by atoms with E-state index in [4.69, 9.17) is 11.6 Å². The highest BCUT2D eigenvalue weighted by Gasteiger charge is 2.21. The van der Waals surface area contributed by atoms with Gasteiger partial charge in [0, 0.05) is 47.0 Å². The van der Waals surface area contributed by atoms with Crippen LogP contribution in [0.4, 0.5) is 10.1 Å². The van der Waals surface area contributed by atoms with Crippen LogP contribution in [0.25, 0.3) is 11.3 Å². The second-order valence-electron chi connectivity index (χ2n) is 6.27. The minimum absolute atomic E-state index is 0.213. The van der Waals surface area contributed by atoms with E-state index >= 15 is 0 Å². The summed E-state index contributed by atoms with van der Waals surface area (Å²) >= 11 is 5.62. The van der Waals surface area contributed by atoms with Crippen molar-refractivity contribution in [2.24, 2.45) is 0 Å². The van der Waals surface area contributed by atoms with Gasteiger partial charge in [0.25, 0.3) is 0 Å². The van der Waals surface area contributed by atoms with E-state index in [1.807, 2.05) is 6.07 Å². The zero-order chi connectivity index (χ0) is 19.2. The van der Waals surface area contributed by atoms with Crippen LogP contribution in [0.5, 0.6) is 0 Å². The van der Waals surface area contributed by atoms with Gasteiger partial charge in [-0.3, -0.25) is 9.89 Å². The Morgan fingerprint density at radius 2 is 2.07 bits per heavy atom. The van der Waals surface area contributed by atoms with Gasteiger partial charge in [0.1, 0.15) is 5.82 Å². The number of halogens is 2. The molecule has 2 heterocycles. The first-order valence-corrected chi connectivity index (χ1v) is 8.91. The minimum atomic E-state index is -0.213. The lowest BCUT2D eigenvalue weighted by atomic mass is 10.0. The van der Waals surface area contributed by atoms with Gasteiger partial charge in [-0.05, 0) is 37.4 Å². The number of H-pyrrole nitrogens is 1. The number of aromatic amines is 1. The van der Waals surface area contributed by atoms with Crippen LogP contribution >= 0.6 is 11.6 Å². The van der Waals surface area contributed by atoms with Crippen molar-refractivity contribution in [3.63, 3.8) is 0 Å². The third kappa shape index (κ3) is 4.72. The number of amides is 1. The van der Waals surface area contributed by atoms with E-state index in [1.54, 1.807) is 36.4 Å². The molecular weight excluding hydrogens is 367 g/mol. The van der Waals surface area contributed by atoms with Crippen molar-refractivity contribution in [3.8, 4) is 11.3 Å². The Morgan fingerprint density at radius 3 is 2.81 bits per heavy atom. The molecule has 1 aromatic heterocycles. The quantitative estimate of drug-likeness (QED) is 0.666. The Hall–Kier alpha value is -2.70. The monoisotopic (exact) mass is 386 g/mol. The summed E-state index contributed by atoms with van der Waals surface area (Å²) in [6.07, 6.45) is 1.57.